The zero-order valence-electron chi connectivity index (χ0n) is 10.4. The minimum absolute atomic E-state index is 0.218. The van der Waals surface area contributed by atoms with Gasteiger partial charge in [0.25, 0.3) is 0 Å². The average Bonchev–Trinajstić information content (AvgIpc) is 2.79. The number of pyridine rings is 2. The molecule has 0 aliphatic carbocycles. The Labute approximate surface area is 103 Å². The molecule has 0 saturated heterocycles. The average molecular weight is 242 g/mol. The number of rotatable bonds is 2. The van der Waals surface area contributed by atoms with Gasteiger partial charge in [-0.1, -0.05) is 13.8 Å². The second-order valence-corrected chi connectivity index (χ2v) is 4.27. The van der Waals surface area contributed by atoms with Crippen molar-refractivity contribution < 1.29 is 0 Å². The topological polar surface area (TPSA) is 63.0 Å². The molecule has 5 nitrogen and oxygen atoms in total. The molecule has 0 aromatic carbocycles. The molecule has 0 amide bonds. The second-order valence-electron chi connectivity index (χ2n) is 4.27. The van der Waals surface area contributed by atoms with Crippen molar-refractivity contribution in [1.82, 2.24) is 19.6 Å². The molecular weight excluding hydrogens is 228 g/mol. The predicted molar refractivity (Wildman–Crippen MR) is 69.9 cm³/mol. The van der Waals surface area contributed by atoms with Crippen LogP contribution in [0.1, 0.15) is 25.1 Å². The van der Waals surface area contributed by atoms with E-state index in [1.807, 2.05) is 6.07 Å². The van der Waals surface area contributed by atoms with Crippen LogP contribution in [-0.2, 0) is 12.8 Å². The largest absolute Gasteiger partial charge is 0.347 e. The SMILES string of the molecule is CCc1cc2c(ccn3c(=O)[nH]nc23)nc1CC. The molecule has 92 valence electrons. The van der Waals surface area contributed by atoms with Crippen molar-refractivity contribution in [2.45, 2.75) is 26.7 Å². The van der Waals surface area contributed by atoms with Crippen molar-refractivity contribution in [2.75, 3.05) is 0 Å². The highest BCUT2D eigenvalue weighted by molar-refractivity contribution is 5.91. The zero-order chi connectivity index (χ0) is 12.7. The van der Waals surface area contributed by atoms with Crippen LogP contribution >= 0.6 is 0 Å². The van der Waals surface area contributed by atoms with E-state index >= 15 is 0 Å². The molecule has 0 aliphatic rings. The lowest BCUT2D eigenvalue weighted by atomic mass is 10.1. The molecule has 3 rings (SSSR count). The van der Waals surface area contributed by atoms with Gasteiger partial charge < -0.3 is 0 Å². The lowest BCUT2D eigenvalue weighted by molar-refractivity contribution is 0.979. The van der Waals surface area contributed by atoms with E-state index in [9.17, 15) is 4.79 Å². The summed E-state index contributed by atoms with van der Waals surface area (Å²) in [5.74, 6) is 0. The summed E-state index contributed by atoms with van der Waals surface area (Å²) in [4.78, 5) is 16.2. The van der Waals surface area contributed by atoms with Gasteiger partial charge in [0, 0.05) is 17.3 Å². The van der Waals surface area contributed by atoms with Crippen LogP contribution in [-0.4, -0.2) is 19.6 Å². The molecule has 3 heterocycles. The predicted octanol–water partition coefficient (Wildman–Crippen LogP) is 1.70. The molecule has 5 heteroatoms. The second kappa shape index (κ2) is 3.94. The van der Waals surface area contributed by atoms with Gasteiger partial charge in [0.2, 0.25) is 0 Å². The summed E-state index contributed by atoms with van der Waals surface area (Å²) >= 11 is 0. The van der Waals surface area contributed by atoms with E-state index in [2.05, 4.69) is 35.1 Å². The van der Waals surface area contributed by atoms with Gasteiger partial charge in [-0.2, -0.15) is 5.10 Å². The fraction of sp³-hybridized carbons (Fsp3) is 0.308. The van der Waals surface area contributed by atoms with Crippen LogP contribution in [0.3, 0.4) is 0 Å². The van der Waals surface area contributed by atoms with E-state index in [-0.39, 0.29) is 5.69 Å². The van der Waals surface area contributed by atoms with Crippen LogP contribution in [0, 0.1) is 0 Å². The smallest absolute Gasteiger partial charge is 0.252 e. The summed E-state index contributed by atoms with van der Waals surface area (Å²) in [5.41, 5.74) is 3.64. The van der Waals surface area contributed by atoms with Crippen molar-refractivity contribution in [3.63, 3.8) is 0 Å². The number of aromatic amines is 1. The van der Waals surface area contributed by atoms with Gasteiger partial charge in [-0.15, -0.1) is 0 Å². The number of nitrogens with one attached hydrogen (secondary N) is 1. The summed E-state index contributed by atoms with van der Waals surface area (Å²) in [5, 5.41) is 7.45. The molecular formula is C13H14N4O. The number of fused-ring (bicyclic) bond motifs is 3. The quantitative estimate of drug-likeness (QED) is 0.744. The van der Waals surface area contributed by atoms with E-state index < -0.39 is 0 Å². The van der Waals surface area contributed by atoms with Gasteiger partial charge >= 0.3 is 5.69 Å². The third kappa shape index (κ3) is 1.44. The van der Waals surface area contributed by atoms with E-state index in [4.69, 9.17) is 0 Å². The van der Waals surface area contributed by atoms with E-state index in [1.54, 1.807) is 6.20 Å². The number of hydrogen-bond acceptors (Lipinski definition) is 3. The molecule has 0 bridgehead atoms. The number of hydrogen-bond donors (Lipinski definition) is 1. The zero-order valence-corrected chi connectivity index (χ0v) is 10.4. The summed E-state index contributed by atoms with van der Waals surface area (Å²) < 4.78 is 1.51. The summed E-state index contributed by atoms with van der Waals surface area (Å²) in [6, 6.07) is 3.95. The van der Waals surface area contributed by atoms with Crippen LogP contribution in [0.4, 0.5) is 0 Å². The highest BCUT2D eigenvalue weighted by Gasteiger charge is 2.09. The Kier molecular flexibility index (Phi) is 2.40. The van der Waals surface area contributed by atoms with Crippen LogP contribution in [0.15, 0.2) is 23.1 Å². The maximum Gasteiger partial charge on any atom is 0.347 e. The first kappa shape index (κ1) is 11.0. The monoisotopic (exact) mass is 242 g/mol. The van der Waals surface area contributed by atoms with E-state index in [0.29, 0.717) is 5.65 Å². The van der Waals surface area contributed by atoms with E-state index in [1.165, 1.54) is 9.96 Å². The molecule has 1 N–H and O–H groups in total. The first-order valence-corrected chi connectivity index (χ1v) is 6.12. The molecule has 0 saturated carbocycles. The van der Waals surface area contributed by atoms with Crippen molar-refractivity contribution in [1.29, 1.82) is 0 Å². The first-order chi connectivity index (χ1) is 8.74. The lowest BCUT2D eigenvalue weighted by Gasteiger charge is -2.07. The molecule has 0 unspecified atom stereocenters. The Morgan fingerprint density at radius 1 is 1.33 bits per heavy atom. The molecule has 0 radical (unpaired) electrons. The van der Waals surface area contributed by atoms with Gasteiger partial charge in [0.05, 0.1) is 5.52 Å². The summed E-state index contributed by atoms with van der Waals surface area (Å²) in [6.45, 7) is 4.21. The van der Waals surface area contributed by atoms with Crippen LogP contribution in [0.2, 0.25) is 0 Å². The molecule has 3 aromatic rings. The minimum atomic E-state index is -0.218. The normalized spacial score (nSPS) is 11.4. The maximum atomic E-state index is 11.5. The highest BCUT2D eigenvalue weighted by atomic mass is 16.1. The Hall–Kier alpha value is -2.17. The van der Waals surface area contributed by atoms with Crippen molar-refractivity contribution in [2.24, 2.45) is 0 Å². The van der Waals surface area contributed by atoms with Gasteiger partial charge in [-0.05, 0) is 30.5 Å². The fourth-order valence-electron chi connectivity index (χ4n) is 2.31. The van der Waals surface area contributed by atoms with Crippen molar-refractivity contribution >= 4 is 16.6 Å². The third-order valence-electron chi connectivity index (χ3n) is 3.26. The number of H-pyrrole nitrogens is 1. The van der Waals surface area contributed by atoms with E-state index in [0.717, 1.165) is 29.4 Å². The van der Waals surface area contributed by atoms with Crippen molar-refractivity contribution in [3.8, 4) is 0 Å². The first-order valence-electron chi connectivity index (χ1n) is 6.12. The molecule has 18 heavy (non-hydrogen) atoms. The maximum absolute atomic E-state index is 11.5. The molecule has 0 atom stereocenters. The Morgan fingerprint density at radius 2 is 2.17 bits per heavy atom. The fourth-order valence-corrected chi connectivity index (χ4v) is 2.31. The Morgan fingerprint density at radius 3 is 2.89 bits per heavy atom. The van der Waals surface area contributed by atoms with Crippen LogP contribution in [0.5, 0.6) is 0 Å². The molecule has 3 aromatic heterocycles. The number of aromatic nitrogens is 4. The van der Waals surface area contributed by atoms with Gasteiger partial charge in [-0.25, -0.2) is 14.3 Å². The lowest BCUT2D eigenvalue weighted by Crippen LogP contribution is -2.08. The van der Waals surface area contributed by atoms with Crippen LogP contribution < -0.4 is 5.69 Å². The van der Waals surface area contributed by atoms with Crippen molar-refractivity contribution in [3.05, 3.63) is 40.1 Å². The standard InChI is InChI=1S/C13H14N4O/c1-3-8-7-9-11(14-10(8)4-2)5-6-17-12(9)15-16-13(17)18/h5-7H,3-4H2,1-2H3,(H,16,18). The number of aryl methyl sites for hydroxylation is 2. The molecule has 0 fully saturated rings. The highest BCUT2D eigenvalue weighted by Crippen LogP contribution is 2.20. The Balaban J connectivity index is 2.46. The minimum Gasteiger partial charge on any atom is -0.252 e. The third-order valence-corrected chi connectivity index (χ3v) is 3.26. The summed E-state index contributed by atoms with van der Waals surface area (Å²) in [7, 11) is 0. The number of nitrogens with zero attached hydrogens (tertiary/aromatic N) is 3. The Bertz CT molecular complexity index is 785. The van der Waals surface area contributed by atoms with Gasteiger partial charge in [0.15, 0.2) is 5.65 Å². The van der Waals surface area contributed by atoms with Crippen LogP contribution in [0.25, 0.3) is 16.6 Å². The molecule has 0 spiro atoms. The van der Waals surface area contributed by atoms with Gasteiger partial charge in [0.1, 0.15) is 0 Å². The summed E-state index contributed by atoms with van der Waals surface area (Å²) in [6.07, 6.45) is 3.56. The van der Waals surface area contributed by atoms with Gasteiger partial charge in [-0.3, -0.25) is 4.98 Å². The molecule has 0 aliphatic heterocycles.